The number of fused-ring (bicyclic) bond motifs is 1. The number of carbonyl (C=O) groups is 1. The molecule has 1 N–H and O–H groups in total. The fraction of sp³-hybridized carbons (Fsp3) is 0.231. The Kier molecular flexibility index (Phi) is 6.32. The van der Waals surface area contributed by atoms with Crippen molar-refractivity contribution in [1.82, 2.24) is 4.98 Å². The van der Waals surface area contributed by atoms with E-state index in [4.69, 9.17) is 16.0 Å². The number of carbonyl (C=O) groups excluding carboxylic acids is 1. The average molecular weight is 509 g/mol. The Morgan fingerprint density at radius 2 is 1.94 bits per heavy atom. The maximum absolute atomic E-state index is 13.4. The molecule has 0 saturated carbocycles. The van der Waals surface area contributed by atoms with Gasteiger partial charge in [-0.15, -0.1) is 0 Å². The normalized spacial score (nSPS) is 14.2. The number of hydrogen-bond acceptors (Lipinski definition) is 6. The van der Waals surface area contributed by atoms with Crippen molar-refractivity contribution < 1.29 is 18.5 Å². The van der Waals surface area contributed by atoms with Crippen LogP contribution in [-0.4, -0.2) is 28.9 Å². The third-order valence-corrected chi connectivity index (χ3v) is 6.68. The van der Waals surface area contributed by atoms with E-state index in [2.05, 4.69) is 17.2 Å². The highest BCUT2D eigenvalue weighted by Crippen LogP contribution is 2.34. The van der Waals surface area contributed by atoms with E-state index in [1.807, 2.05) is 4.90 Å². The molecule has 0 atom stereocenters. The van der Waals surface area contributed by atoms with Crippen LogP contribution in [0.3, 0.4) is 0 Å². The van der Waals surface area contributed by atoms with Crippen molar-refractivity contribution in [2.75, 3.05) is 23.3 Å². The van der Waals surface area contributed by atoms with Crippen LogP contribution in [0, 0.1) is 21.8 Å². The van der Waals surface area contributed by atoms with Crippen molar-refractivity contribution in [1.29, 1.82) is 0 Å². The molecular formula is C26H22ClFN4O4. The minimum Gasteiger partial charge on any atom is -0.436 e. The van der Waals surface area contributed by atoms with Gasteiger partial charge in [-0.2, -0.15) is 0 Å². The highest BCUT2D eigenvalue weighted by atomic mass is 35.5. The second-order valence-corrected chi connectivity index (χ2v) is 9.32. The van der Waals surface area contributed by atoms with Crippen LogP contribution in [0.5, 0.6) is 0 Å². The lowest BCUT2D eigenvalue weighted by atomic mass is 9.98. The Bertz CT molecular complexity index is 1480. The van der Waals surface area contributed by atoms with Gasteiger partial charge in [0, 0.05) is 30.4 Å². The first-order valence-corrected chi connectivity index (χ1v) is 11.9. The summed E-state index contributed by atoms with van der Waals surface area (Å²) in [6, 6.07) is 13.4. The molecule has 5 rings (SSSR count). The SMILES string of the molecule is CC1CCN(c2ccc(C(=O)Nc3ccc4oc(-c5ccc(F)cc5Cl)nc4c3)cc2[N+](=O)[O-])CC1. The smallest absolute Gasteiger partial charge is 0.293 e. The first kappa shape index (κ1) is 23.7. The predicted molar refractivity (Wildman–Crippen MR) is 136 cm³/mol. The molecular weight excluding hydrogens is 487 g/mol. The molecule has 8 nitrogen and oxygen atoms in total. The summed E-state index contributed by atoms with van der Waals surface area (Å²) in [5.41, 5.74) is 2.41. The molecule has 4 aromatic rings. The summed E-state index contributed by atoms with van der Waals surface area (Å²) >= 11 is 6.11. The molecule has 3 aromatic carbocycles. The van der Waals surface area contributed by atoms with Crippen molar-refractivity contribution in [3.63, 3.8) is 0 Å². The molecule has 1 fully saturated rings. The van der Waals surface area contributed by atoms with E-state index in [0.29, 0.717) is 34.0 Å². The van der Waals surface area contributed by atoms with E-state index >= 15 is 0 Å². The Balaban J connectivity index is 1.38. The number of amides is 1. The summed E-state index contributed by atoms with van der Waals surface area (Å²) in [4.78, 5) is 30.6. The number of nitrogens with one attached hydrogen (secondary N) is 1. The highest BCUT2D eigenvalue weighted by Gasteiger charge is 2.25. The van der Waals surface area contributed by atoms with E-state index in [1.54, 1.807) is 30.3 Å². The van der Waals surface area contributed by atoms with E-state index < -0.39 is 16.6 Å². The Hall–Kier alpha value is -3.98. The molecule has 0 unspecified atom stereocenters. The molecule has 184 valence electrons. The zero-order valence-electron chi connectivity index (χ0n) is 19.3. The van der Waals surface area contributed by atoms with Crippen LogP contribution in [0.25, 0.3) is 22.6 Å². The number of nitrogens with zero attached hydrogens (tertiary/aromatic N) is 3. The summed E-state index contributed by atoms with van der Waals surface area (Å²) in [6.07, 6.45) is 1.94. The molecule has 1 aliphatic heterocycles. The first-order valence-electron chi connectivity index (χ1n) is 11.5. The van der Waals surface area contributed by atoms with Gasteiger partial charge in [0.1, 0.15) is 17.0 Å². The summed E-state index contributed by atoms with van der Waals surface area (Å²) in [6.45, 7) is 3.67. The largest absolute Gasteiger partial charge is 0.436 e. The summed E-state index contributed by atoms with van der Waals surface area (Å²) < 4.78 is 19.1. The Morgan fingerprint density at radius 1 is 1.17 bits per heavy atom. The number of benzene rings is 3. The van der Waals surface area contributed by atoms with Crippen molar-refractivity contribution in [2.24, 2.45) is 5.92 Å². The quantitative estimate of drug-likeness (QED) is 0.238. The minimum absolute atomic E-state index is 0.0926. The molecule has 0 radical (unpaired) electrons. The number of piperidine rings is 1. The maximum atomic E-state index is 13.4. The number of nitro groups is 1. The van der Waals surface area contributed by atoms with Crippen molar-refractivity contribution >= 4 is 45.7 Å². The molecule has 1 aliphatic rings. The van der Waals surface area contributed by atoms with Gasteiger partial charge in [-0.05, 0) is 67.3 Å². The molecule has 1 aromatic heterocycles. The van der Waals surface area contributed by atoms with Gasteiger partial charge in [0.2, 0.25) is 5.89 Å². The van der Waals surface area contributed by atoms with Crippen LogP contribution in [0.2, 0.25) is 5.02 Å². The number of rotatable bonds is 5. The maximum Gasteiger partial charge on any atom is 0.293 e. The molecule has 0 bridgehead atoms. The lowest BCUT2D eigenvalue weighted by molar-refractivity contribution is -0.384. The van der Waals surface area contributed by atoms with E-state index in [1.165, 1.54) is 24.3 Å². The van der Waals surface area contributed by atoms with Crippen LogP contribution >= 0.6 is 11.6 Å². The van der Waals surface area contributed by atoms with E-state index in [0.717, 1.165) is 25.9 Å². The highest BCUT2D eigenvalue weighted by molar-refractivity contribution is 6.33. The van der Waals surface area contributed by atoms with Crippen molar-refractivity contribution in [3.05, 3.63) is 81.1 Å². The van der Waals surface area contributed by atoms with Gasteiger partial charge >= 0.3 is 0 Å². The van der Waals surface area contributed by atoms with Gasteiger partial charge in [-0.1, -0.05) is 18.5 Å². The summed E-state index contributed by atoms with van der Waals surface area (Å²) in [5.74, 6) is -0.141. The van der Waals surface area contributed by atoms with Gasteiger partial charge in [-0.3, -0.25) is 14.9 Å². The molecule has 2 heterocycles. The minimum atomic E-state index is -0.485. The molecule has 1 saturated heterocycles. The van der Waals surface area contributed by atoms with E-state index in [-0.39, 0.29) is 22.2 Å². The molecule has 10 heteroatoms. The third-order valence-electron chi connectivity index (χ3n) is 6.37. The van der Waals surface area contributed by atoms with Crippen LogP contribution < -0.4 is 10.2 Å². The summed E-state index contributed by atoms with van der Waals surface area (Å²) in [7, 11) is 0. The predicted octanol–water partition coefficient (Wildman–Crippen LogP) is 6.68. The number of halogens is 2. The molecule has 36 heavy (non-hydrogen) atoms. The van der Waals surface area contributed by atoms with E-state index in [9.17, 15) is 19.3 Å². The average Bonchev–Trinajstić information content (AvgIpc) is 3.27. The third kappa shape index (κ3) is 4.74. The van der Waals surface area contributed by atoms with Crippen LogP contribution in [0.1, 0.15) is 30.1 Å². The molecule has 1 amide bonds. The second-order valence-electron chi connectivity index (χ2n) is 8.91. The first-order chi connectivity index (χ1) is 17.3. The number of nitro benzene ring substituents is 1. The van der Waals surface area contributed by atoms with Gasteiger partial charge in [-0.25, -0.2) is 9.37 Å². The fourth-order valence-electron chi connectivity index (χ4n) is 4.31. The lowest BCUT2D eigenvalue weighted by Gasteiger charge is -2.31. The Labute approximate surface area is 210 Å². The van der Waals surface area contributed by atoms with Gasteiger partial charge in [0.25, 0.3) is 11.6 Å². The standard InChI is InChI=1S/C26H22ClFN4O4/c1-15-8-10-31(11-9-15)22-6-2-16(12-23(22)32(34)35)25(33)29-18-4-7-24-21(14-18)30-26(36-24)19-5-3-17(28)13-20(19)27/h2-7,12-15H,8-11H2,1H3,(H,29,33). The zero-order valence-corrected chi connectivity index (χ0v) is 20.1. The van der Waals surface area contributed by atoms with Crippen LogP contribution in [0.15, 0.2) is 59.0 Å². The number of aromatic nitrogens is 1. The topological polar surface area (TPSA) is 102 Å². The molecule has 0 spiro atoms. The zero-order chi connectivity index (χ0) is 25.4. The number of oxazole rings is 1. The van der Waals surface area contributed by atoms with Crippen molar-refractivity contribution in [2.45, 2.75) is 19.8 Å². The van der Waals surface area contributed by atoms with Crippen LogP contribution in [0.4, 0.5) is 21.5 Å². The van der Waals surface area contributed by atoms with Crippen molar-refractivity contribution in [3.8, 4) is 11.5 Å². The van der Waals surface area contributed by atoms with Gasteiger partial charge in [0.15, 0.2) is 5.58 Å². The lowest BCUT2D eigenvalue weighted by Crippen LogP contribution is -2.33. The Morgan fingerprint density at radius 3 is 2.67 bits per heavy atom. The number of hydrogen-bond donors (Lipinski definition) is 1. The fourth-order valence-corrected chi connectivity index (χ4v) is 4.56. The van der Waals surface area contributed by atoms with Crippen LogP contribution in [-0.2, 0) is 0 Å². The molecule has 0 aliphatic carbocycles. The van der Waals surface area contributed by atoms with Gasteiger partial charge < -0.3 is 14.6 Å². The van der Waals surface area contributed by atoms with Gasteiger partial charge in [0.05, 0.1) is 15.5 Å². The number of anilines is 2. The second kappa shape index (κ2) is 9.58. The summed E-state index contributed by atoms with van der Waals surface area (Å²) in [5, 5.41) is 14.7. The monoisotopic (exact) mass is 508 g/mol.